The normalized spacial score (nSPS) is 11.9. The third-order valence-electron chi connectivity index (χ3n) is 5.01. The molecule has 7 heteroatoms. The minimum Gasteiger partial charge on any atom is -0.351 e. The molecule has 0 aliphatic rings. The van der Waals surface area contributed by atoms with Crippen LogP contribution in [0.1, 0.15) is 49.2 Å². The molecule has 2 rings (SSSR count). The number of anilines is 1. The van der Waals surface area contributed by atoms with Crippen molar-refractivity contribution in [3.8, 4) is 0 Å². The van der Waals surface area contributed by atoms with Gasteiger partial charge in [0.05, 0.1) is 4.90 Å². The molecule has 0 saturated heterocycles. The van der Waals surface area contributed by atoms with Gasteiger partial charge in [0.25, 0.3) is 15.9 Å². The molecule has 0 unspecified atom stereocenters. The lowest BCUT2D eigenvalue weighted by molar-refractivity contribution is 0.0939. The summed E-state index contributed by atoms with van der Waals surface area (Å²) in [5.74, 6) is -0.175. The number of nitrogens with zero attached hydrogens (tertiary/aromatic N) is 1. The maximum absolute atomic E-state index is 12.7. The number of hydrogen-bond acceptors (Lipinski definition) is 4. The number of carbonyl (C=O) groups is 1. The van der Waals surface area contributed by atoms with Crippen molar-refractivity contribution in [3.63, 3.8) is 0 Å². The highest BCUT2D eigenvalue weighted by Crippen LogP contribution is 2.21. The van der Waals surface area contributed by atoms with Crippen molar-refractivity contribution in [1.29, 1.82) is 0 Å². The Kier molecular flexibility index (Phi) is 8.03. The van der Waals surface area contributed by atoms with Gasteiger partial charge in [-0.1, -0.05) is 12.1 Å². The van der Waals surface area contributed by atoms with Gasteiger partial charge >= 0.3 is 0 Å². The largest absolute Gasteiger partial charge is 0.351 e. The fraction of sp³-hybridized carbons (Fsp3) is 0.435. The molecule has 0 fully saturated rings. The minimum absolute atomic E-state index is 0.175. The monoisotopic (exact) mass is 431 g/mol. The number of hydrogen-bond donors (Lipinski definition) is 2. The van der Waals surface area contributed by atoms with Crippen molar-refractivity contribution in [1.82, 2.24) is 10.2 Å². The standard InChI is InChI=1S/C23H33N3O3S/c1-16(2)26(17(3)4)14-13-24-23(27)20-9-11-21(12-10-20)25-30(28,29)22-15-18(5)7-8-19(22)6/h7-12,15-17,25H,13-14H2,1-6H3,(H,24,27). The maximum Gasteiger partial charge on any atom is 0.262 e. The van der Waals surface area contributed by atoms with E-state index in [0.29, 0.717) is 35.4 Å². The van der Waals surface area contributed by atoms with E-state index in [-0.39, 0.29) is 10.8 Å². The number of amides is 1. The first-order valence-electron chi connectivity index (χ1n) is 10.3. The molecule has 2 N–H and O–H groups in total. The Hall–Kier alpha value is -2.38. The van der Waals surface area contributed by atoms with Crippen LogP contribution in [0.5, 0.6) is 0 Å². The molecule has 0 spiro atoms. The third kappa shape index (κ3) is 6.31. The third-order valence-corrected chi connectivity index (χ3v) is 6.54. The summed E-state index contributed by atoms with van der Waals surface area (Å²) in [7, 11) is -3.70. The summed E-state index contributed by atoms with van der Waals surface area (Å²) in [6, 6.07) is 12.6. The number of aryl methyl sites for hydroxylation is 2. The highest BCUT2D eigenvalue weighted by molar-refractivity contribution is 7.92. The van der Waals surface area contributed by atoms with Crippen molar-refractivity contribution < 1.29 is 13.2 Å². The summed E-state index contributed by atoms with van der Waals surface area (Å²) < 4.78 is 28.0. The molecule has 0 atom stereocenters. The van der Waals surface area contributed by atoms with E-state index in [1.165, 1.54) is 0 Å². The van der Waals surface area contributed by atoms with Gasteiger partial charge in [-0.3, -0.25) is 14.4 Å². The van der Waals surface area contributed by atoms with E-state index in [4.69, 9.17) is 0 Å². The van der Waals surface area contributed by atoms with Crippen molar-refractivity contribution in [2.75, 3.05) is 17.8 Å². The number of benzene rings is 2. The van der Waals surface area contributed by atoms with E-state index in [2.05, 4.69) is 42.6 Å². The fourth-order valence-electron chi connectivity index (χ4n) is 3.41. The number of rotatable bonds is 9. The molecule has 0 radical (unpaired) electrons. The summed E-state index contributed by atoms with van der Waals surface area (Å²) in [6.45, 7) is 13.5. The number of sulfonamides is 1. The van der Waals surface area contributed by atoms with Gasteiger partial charge in [-0.25, -0.2) is 8.42 Å². The first-order chi connectivity index (χ1) is 14.0. The van der Waals surface area contributed by atoms with Crippen LogP contribution >= 0.6 is 0 Å². The highest BCUT2D eigenvalue weighted by atomic mass is 32.2. The van der Waals surface area contributed by atoms with Gasteiger partial charge < -0.3 is 5.32 Å². The van der Waals surface area contributed by atoms with Crippen molar-refractivity contribution in [2.45, 2.75) is 58.5 Å². The summed E-state index contributed by atoms with van der Waals surface area (Å²) in [4.78, 5) is 15.0. The van der Waals surface area contributed by atoms with Gasteiger partial charge in [-0.2, -0.15) is 0 Å². The summed E-state index contributed by atoms with van der Waals surface area (Å²) in [6.07, 6.45) is 0. The van der Waals surface area contributed by atoms with Crippen LogP contribution < -0.4 is 10.0 Å². The first kappa shape index (κ1) is 23.9. The van der Waals surface area contributed by atoms with Crippen LogP contribution in [0, 0.1) is 13.8 Å². The molecule has 0 bridgehead atoms. The van der Waals surface area contributed by atoms with E-state index in [9.17, 15) is 13.2 Å². The molecule has 2 aromatic carbocycles. The van der Waals surface area contributed by atoms with Gasteiger partial charge in [-0.15, -0.1) is 0 Å². The Morgan fingerprint density at radius 3 is 2.13 bits per heavy atom. The average Bonchev–Trinajstić information content (AvgIpc) is 2.66. The number of nitrogens with one attached hydrogen (secondary N) is 2. The molecule has 0 saturated carbocycles. The van der Waals surface area contributed by atoms with Gasteiger partial charge in [0.2, 0.25) is 0 Å². The van der Waals surface area contributed by atoms with E-state index in [1.54, 1.807) is 43.3 Å². The van der Waals surface area contributed by atoms with Gasteiger partial charge in [0.1, 0.15) is 0 Å². The van der Waals surface area contributed by atoms with E-state index < -0.39 is 10.0 Å². The minimum atomic E-state index is -3.70. The Morgan fingerprint density at radius 2 is 1.57 bits per heavy atom. The molecule has 30 heavy (non-hydrogen) atoms. The van der Waals surface area contributed by atoms with E-state index >= 15 is 0 Å². The van der Waals surface area contributed by atoms with Crippen LogP contribution in [-0.4, -0.2) is 44.4 Å². The van der Waals surface area contributed by atoms with Crippen LogP contribution in [0.3, 0.4) is 0 Å². The zero-order valence-electron chi connectivity index (χ0n) is 18.7. The van der Waals surface area contributed by atoms with Gasteiger partial charge in [-0.05, 0) is 83.0 Å². The number of carbonyl (C=O) groups excluding carboxylic acids is 1. The Bertz CT molecular complexity index is 960. The summed E-state index contributed by atoms with van der Waals surface area (Å²) >= 11 is 0. The molecule has 6 nitrogen and oxygen atoms in total. The SMILES string of the molecule is Cc1ccc(C)c(S(=O)(=O)Nc2ccc(C(=O)NCCN(C(C)C)C(C)C)cc2)c1. The lowest BCUT2D eigenvalue weighted by Crippen LogP contribution is -2.42. The maximum atomic E-state index is 12.7. The van der Waals surface area contributed by atoms with Crippen molar-refractivity contribution in [2.24, 2.45) is 0 Å². The molecule has 1 amide bonds. The van der Waals surface area contributed by atoms with Crippen LogP contribution in [0.4, 0.5) is 5.69 Å². The van der Waals surface area contributed by atoms with Crippen molar-refractivity contribution >= 4 is 21.6 Å². The Balaban J connectivity index is 2.00. The van der Waals surface area contributed by atoms with E-state index in [1.807, 2.05) is 13.0 Å². The van der Waals surface area contributed by atoms with Gasteiger partial charge in [0.15, 0.2) is 0 Å². The topological polar surface area (TPSA) is 78.5 Å². The molecular weight excluding hydrogens is 398 g/mol. The molecule has 164 valence electrons. The van der Waals surface area contributed by atoms with Gasteiger partial charge in [0, 0.05) is 36.4 Å². The first-order valence-corrected chi connectivity index (χ1v) is 11.7. The van der Waals surface area contributed by atoms with Crippen LogP contribution in [0.15, 0.2) is 47.4 Å². The zero-order valence-corrected chi connectivity index (χ0v) is 19.5. The Morgan fingerprint density at radius 1 is 0.967 bits per heavy atom. The molecule has 0 heterocycles. The summed E-state index contributed by atoms with van der Waals surface area (Å²) in [5, 5.41) is 2.93. The molecule has 0 aliphatic carbocycles. The highest BCUT2D eigenvalue weighted by Gasteiger charge is 2.18. The smallest absolute Gasteiger partial charge is 0.262 e. The second kappa shape index (κ2) is 10.1. The molecule has 0 aliphatic heterocycles. The van der Waals surface area contributed by atoms with Crippen LogP contribution in [-0.2, 0) is 10.0 Å². The molecule has 0 aromatic heterocycles. The molecular formula is C23H33N3O3S. The lowest BCUT2D eigenvalue weighted by atomic mass is 10.2. The fourth-order valence-corrected chi connectivity index (χ4v) is 4.80. The average molecular weight is 432 g/mol. The quantitative estimate of drug-likeness (QED) is 0.630. The van der Waals surface area contributed by atoms with Crippen LogP contribution in [0.2, 0.25) is 0 Å². The second-order valence-corrected chi connectivity index (χ2v) is 9.78. The van der Waals surface area contributed by atoms with Crippen LogP contribution in [0.25, 0.3) is 0 Å². The van der Waals surface area contributed by atoms with E-state index in [0.717, 1.165) is 12.1 Å². The molecule has 2 aromatic rings. The van der Waals surface area contributed by atoms with Crippen molar-refractivity contribution in [3.05, 3.63) is 59.2 Å². The zero-order chi connectivity index (χ0) is 22.5. The lowest BCUT2D eigenvalue weighted by Gasteiger charge is -2.30. The predicted molar refractivity (Wildman–Crippen MR) is 122 cm³/mol. The Labute approximate surface area is 180 Å². The summed E-state index contributed by atoms with van der Waals surface area (Å²) in [5.41, 5.74) is 2.46. The predicted octanol–water partition coefficient (Wildman–Crippen LogP) is 3.95. The second-order valence-electron chi connectivity index (χ2n) is 8.13.